The zero-order valence-electron chi connectivity index (χ0n) is 6.44. The Morgan fingerprint density at radius 1 is 1.83 bits per heavy atom. The van der Waals surface area contributed by atoms with Gasteiger partial charge in [-0.25, -0.2) is 4.79 Å². The minimum absolute atomic E-state index is 0.569. The molecule has 1 heterocycles. The van der Waals surface area contributed by atoms with E-state index in [1.807, 2.05) is 0 Å². The summed E-state index contributed by atoms with van der Waals surface area (Å²) in [5.74, 6) is -0.974. The zero-order valence-corrected chi connectivity index (χ0v) is 7.26. The molecule has 2 N–H and O–H groups in total. The van der Waals surface area contributed by atoms with Gasteiger partial charge in [0.2, 0.25) is 0 Å². The Balaban J connectivity index is 2.91. The van der Waals surface area contributed by atoms with Gasteiger partial charge in [-0.2, -0.15) is 0 Å². The standard InChI is InChI=1S/C7H8N2O2S/c1-9-4-5(8-7(9)12)2-3-6(10)11/h2-4H,1H3,(H,8,12)(H,10,11)/b3-2+. The molecule has 1 aromatic heterocycles. The van der Waals surface area contributed by atoms with E-state index >= 15 is 0 Å². The molecular formula is C7H8N2O2S. The average Bonchev–Trinajstić information content (AvgIpc) is 2.28. The number of carbonyl (C=O) groups is 1. The molecule has 0 amide bonds. The molecule has 0 saturated carbocycles. The number of carboxylic acids is 1. The van der Waals surface area contributed by atoms with Gasteiger partial charge < -0.3 is 14.7 Å². The molecule has 1 rings (SSSR count). The monoisotopic (exact) mass is 184 g/mol. The number of hydrogen-bond donors (Lipinski definition) is 2. The summed E-state index contributed by atoms with van der Waals surface area (Å²) in [6.45, 7) is 0. The Morgan fingerprint density at radius 3 is 2.92 bits per heavy atom. The van der Waals surface area contributed by atoms with Crippen LogP contribution in [0.15, 0.2) is 12.3 Å². The Kier molecular flexibility index (Phi) is 2.44. The highest BCUT2D eigenvalue weighted by Gasteiger charge is 1.92. The number of nitrogens with one attached hydrogen (secondary N) is 1. The number of aliphatic carboxylic acids is 1. The average molecular weight is 184 g/mol. The molecule has 0 aromatic carbocycles. The van der Waals surface area contributed by atoms with Gasteiger partial charge in [0.25, 0.3) is 0 Å². The largest absolute Gasteiger partial charge is 0.478 e. The fourth-order valence-electron chi connectivity index (χ4n) is 0.757. The van der Waals surface area contributed by atoms with E-state index in [4.69, 9.17) is 17.3 Å². The number of aryl methyl sites for hydroxylation is 1. The summed E-state index contributed by atoms with van der Waals surface area (Å²) in [4.78, 5) is 13.0. The summed E-state index contributed by atoms with van der Waals surface area (Å²) >= 11 is 4.88. The molecule has 12 heavy (non-hydrogen) atoms. The van der Waals surface area contributed by atoms with Crippen LogP contribution in [0.3, 0.4) is 0 Å². The minimum Gasteiger partial charge on any atom is -0.478 e. The van der Waals surface area contributed by atoms with Gasteiger partial charge in [0.05, 0.1) is 5.69 Å². The van der Waals surface area contributed by atoms with E-state index in [0.29, 0.717) is 10.5 Å². The Bertz CT molecular complexity index is 375. The Hall–Kier alpha value is -1.36. The lowest BCUT2D eigenvalue weighted by Crippen LogP contribution is -1.85. The summed E-state index contributed by atoms with van der Waals surface area (Å²) in [6.07, 6.45) is 4.24. The van der Waals surface area contributed by atoms with Crippen molar-refractivity contribution in [2.75, 3.05) is 0 Å². The number of carboxylic acid groups (broad SMARTS) is 1. The van der Waals surface area contributed by atoms with Crippen LogP contribution in [0, 0.1) is 4.77 Å². The van der Waals surface area contributed by atoms with Gasteiger partial charge >= 0.3 is 5.97 Å². The Labute approximate surface area is 74.2 Å². The number of rotatable bonds is 2. The van der Waals surface area contributed by atoms with Crippen LogP contribution in [0.1, 0.15) is 5.69 Å². The van der Waals surface area contributed by atoms with Crippen molar-refractivity contribution in [2.24, 2.45) is 7.05 Å². The van der Waals surface area contributed by atoms with E-state index in [2.05, 4.69) is 4.98 Å². The maximum atomic E-state index is 10.1. The first kappa shape index (κ1) is 8.73. The lowest BCUT2D eigenvalue weighted by Gasteiger charge is -1.81. The predicted octanol–water partition coefficient (Wildman–Crippen LogP) is 1.18. The molecule has 0 fully saturated rings. The number of aromatic amines is 1. The van der Waals surface area contributed by atoms with Gasteiger partial charge in [0.15, 0.2) is 4.77 Å². The first-order chi connectivity index (χ1) is 5.59. The van der Waals surface area contributed by atoms with E-state index in [9.17, 15) is 4.79 Å². The summed E-state index contributed by atoms with van der Waals surface area (Å²) in [7, 11) is 1.79. The van der Waals surface area contributed by atoms with Crippen molar-refractivity contribution < 1.29 is 9.90 Å². The Morgan fingerprint density at radius 2 is 2.50 bits per heavy atom. The van der Waals surface area contributed by atoms with Crippen molar-refractivity contribution in [1.29, 1.82) is 0 Å². The second kappa shape index (κ2) is 3.36. The molecule has 64 valence electrons. The van der Waals surface area contributed by atoms with Crippen LogP contribution in [-0.4, -0.2) is 20.6 Å². The van der Waals surface area contributed by atoms with Crippen molar-refractivity contribution in [3.05, 3.63) is 22.7 Å². The van der Waals surface area contributed by atoms with Gasteiger partial charge in [0, 0.05) is 19.3 Å². The van der Waals surface area contributed by atoms with Gasteiger partial charge in [0.1, 0.15) is 0 Å². The summed E-state index contributed by atoms with van der Waals surface area (Å²) in [5.41, 5.74) is 0.685. The maximum absolute atomic E-state index is 10.1. The minimum atomic E-state index is -0.974. The molecule has 0 atom stereocenters. The molecular weight excluding hydrogens is 176 g/mol. The van der Waals surface area contributed by atoms with Crippen LogP contribution >= 0.6 is 12.2 Å². The van der Waals surface area contributed by atoms with Crippen LogP contribution < -0.4 is 0 Å². The quantitative estimate of drug-likeness (QED) is 0.536. The molecule has 0 saturated heterocycles. The van der Waals surface area contributed by atoms with Gasteiger partial charge in [-0.3, -0.25) is 0 Å². The SMILES string of the molecule is Cn1cc(/C=C/C(=O)O)[nH]c1=S. The number of imidazole rings is 1. The van der Waals surface area contributed by atoms with Crippen LogP contribution in [0.2, 0.25) is 0 Å². The van der Waals surface area contributed by atoms with E-state index in [0.717, 1.165) is 6.08 Å². The van der Waals surface area contributed by atoms with E-state index in [1.54, 1.807) is 17.8 Å². The highest BCUT2D eigenvalue weighted by Crippen LogP contribution is 1.98. The second-order valence-electron chi connectivity index (χ2n) is 2.30. The summed E-state index contributed by atoms with van der Waals surface area (Å²) in [6, 6.07) is 0. The third kappa shape index (κ3) is 2.06. The molecule has 1 aromatic rings. The van der Waals surface area contributed by atoms with E-state index in [-0.39, 0.29) is 0 Å². The van der Waals surface area contributed by atoms with E-state index < -0.39 is 5.97 Å². The van der Waals surface area contributed by atoms with Crippen molar-refractivity contribution in [2.45, 2.75) is 0 Å². The van der Waals surface area contributed by atoms with Crippen LogP contribution in [0.4, 0.5) is 0 Å². The first-order valence-corrected chi connectivity index (χ1v) is 3.67. The lowest BCUT2D eigenvalue weighted by molar-refractivity contribution is -0.131. The lowest BCUT2D eigenvalue weighted by atomic mass is 10.4. The summed E-state index contributed by atoms with van der Waals surface area (Å²) in [5, 5.41) is 8.32. The van der Waals surface area contributed by atoms with Crippen LogP contribution in [-0.2, 0) is 11.8 Å². The number of H-pyrrole nitrogens is 1. The van der Waals surface area contributed by atoms with Crippen LogP contribution in [0.5, 0.6) is 0 Å². The molecule has 0 aliphatic rings. The molecule has 0 aliphatic heterocycles. The van der Waals surface area contributed by atoms with Crippen molar-refractivity contribution in [3.8, 4) is 0 Å². The van der Waals surface area contributed by atoms with Crippen molar-refractivity contribution in [1.82, 2.24) is 9.55 Å². The van der Waals surface area contributed by atoms with Crippen molar-refractivity contribution in [3.63, 3.8) is 0 Å². The second-order valence-corrected chi connectivity index (χ2v) is 2.68. The highest BCUT2D eigenvalue weighted by molar-refractivity contribution is 7.71. The topological polar surface area (TPSA) is 58.0 Å². The first-order valence-electron chi connectivity index (χ1n) is 3.26. The van der Waals surface area contributed by atoms with Gasteiger partial charge in [-0.05, 0) is 18.3 Å². The highest BCUT2D eigenvalue weighted by atomic mass is 32.1. The number of aromatic nitrogens is 2. The fourth-order valence-corrected chi connectivity index (χ4v) is 0.928. The normalized spacial score (nSPS) is 10.8. The molecule has 0 spiro atoms. The van der Waals surface area contributed by atoms with Gasteiger partial charge in [-0.15, -0.1) is 0 Å². The third-order valence-electron chi connectivity index (χ3n) is 1.31. The molecule has 5 heteroatoms. The van der Waals surface area contributed by atoms with Gasteiger partial charge in [-0.1, -0.05) is 0 Å². The van der Waals surface area contributed by atoms with Crippen molar-refractivity contribution >= 4 is 24.3 Å². The number of nitrogens with zero attached hydrogens (tertiary/aromatic N) is 1. The molecule has 0 bridgehead atoms. The molecule has 0 radical (unpaired) electrons. The summed E-state index contributed by atoms with van der Waals surface area (Å²) < 4.78 is 2.27. The smallest absolute Gasteiger partial charge is 0.328 e. The molecule has 0 aliphatic carbocycles. The third-order valence-corrected chi connectivity index (χ3v) is 1.70. The maximum Gasteiger partial charge on any atom is 0.328 e. The molecule has 0 unspecified atom stereocenters. The zero-order chi connectivity index (χ0) is 9.14. The number of hydrogen-bond acceptors (Lipinski definition) is 2. The predicted molar refractivity (Wildman–Crippen MR) is 47.3 cm³/mol. The molecule has 4 nitrogen and oxygen atoms in total. The fraction of sp³-hybridized carbons (Fsp3) is 0.143. The van der Waals surface area contributed by atoms with Crippen LogP contribution in [0.25, 0.3) is 6.08 Å². The van der Waals surface area contributed by atoms with E-state index in [1.165, 1.54) is 6.08 Å².